The van der Waals surface area contributed by atoms with Crippen LogP contribution in [-0.2, 0) is 14.3 Å². The van der Waals surface area contributed by atoms with Gasteiger partial charge in [-0.05, 0) is 48.4 Å². The normalized spacial score (nSPS) is 21.3. The molecule has 1 N–H and O–H groups in total. The molecule has 0 spiro atoms. The van der Waals surface area contributed by atoms with Crippen molar-refractivity contribution < 1.29 is 23.8 Å². The van der Waals surface area contributed by atoms with E-state index in [1.165, 1.54) is 29.2 Å². The molecule has 32 heavy (non-hydrogen) atoms. The zero-order chi connectivity index (χ0) is 22.7. The summed E-state index contributed by atoms with van der Waals surface area (Å²) in [5.74, 6) is -2.12. The van der Waals surface area contributed by atoms with Gasteiger partial charge in [0.1, 0.15) is 11.6 Å². The minimum atomic E-state index is -0.795. The monoisotopic (exact) mass is 458 g/mol. The van der Waals surface area contributed by atoms with E-state index in [-0.39, 0.29) is 11.3 Å². The Kier molecular flexibility index (Phi) is 6.89. The molecule has 2 aliphatic heterocycles. The Bertz CT molecular complexity index is 1020. The molecule has 2 aromatic carbocycles. The van der Waals surface area contributed by atoms with Gasteiger partial charge in [0.2, 0.25) is 0 Å². The Morgan fingerprint density at radius 3 is 2.34 bits per heavy atom. The molecule has 6 nitrogen and oxygen atoms in total. The standard InChI is InChI=1S/C24H24ClFN2O4/c25-18-6-2-17(3-7-18)22(29)20-21(16-4-8-19(26)9-5-16)28(24(31)23(20)30)11-1-10-27-12-14-32-15-13-27/h2-9,21,29H,1,10-15H2/t21-/m0/s1. The van der Waals surface area contributed by atoms with Crippen LogP contribution in [0.15, 0.2) is 54.1 Å². The second-order valence-corrected chi connectivity index (χ2v) is 8.29. The summed E-state index contributed by atoms with van der Waals surface area (Å²) in [6.45, 7) is 4.12. The van der Waals surface area contributed by atoms with Gasteiger partial charge in [0.05, 0.1) is 24.8 Å². The number of rotatable bonds is 6. The maximum absolute atomic E-state index is 13.6. The summed E-state index contributed by atoms with van der Waals surface area (Å²) in [4.78, 5) is 29.6. The summed E-state index contributed by atoms with van der Waals surface area (Å²) in [6.07, 6.45) is 0.658. The second kappa shape index (κ2) is 9.81. The molecule has 2 heterocycles. The van der Waals surface area contributed by atoms with Gasteiger partial charge in [-0.1, -0.05) is 23.7 Å². The van der Waals surface area contributed by atoms with Gasteiger partial charge in [-0.2, -0.15) is 0 Å². The highest BCUT2D eigenvalue weighted by atomic mass is 35.5. The Balaban J connectivity index is 1.66. The summed E-state index contributed by atoms with van der Waals surface area (Å²) in [5.41, 5.74) is 0.940. The number of aliphatic hydroxyl groups is 1. The Labute approximate surface area is 190 Å². The smallest absolute Gasteiger partial charge is 0.295 e. The molecule has 1 atom stereocenters. The van der Waals surface area contributed by atoms with Crippen molar-refractivity contribution in [1.82, 2.24) is 9.80 Å². The predicted octanol–water partition coefficient (Wildman–Crippen LogP) is 3.62. The van der Waals surface area contributed by atoms with Gasteiger partial charge in [0.25, 0.3) is 11.7 Å². The van der Waals surface area contributed by atoms with Gasteiger partial charge >= 0.3 is 0 Å². The number of nitrogens with zero attached hydrogens (tertiary/aromatic N) is 2. The van der Waals surface area contributed by atoms with Gasteiger partial charge in [-0.3, -0.25) is 14.5 Å². The molecule has 8 heteroatoms. The minimum absolute atomic E-state index is 0.00435. The number of carbonyl (C=O) groups excluding carboxylic acids is 2. The third kappa shape index (κ3) is 4.70. The van der Waals surface area contributed by atoms with Crippen LogP contribution in [0.5, 0.6) is 0 Å². The van der Waals surface area contributed by atoms with Crippen LogP contribution < -0.4 is 0 Å². The summed E-state index contributed by atoms with van der Waals surface area (Å²) >= 11 is 5.94. The number of amides is 1. The van der Waals surface area contributed by atoms with E-state index in [0.29, 0.717) is 42.3 Å². The van der Waals surface area contributed by atoms with E-state index < -0.39 is 23.5 Å². The molecule has 168 valence electrons. The van der Waals surface area contributed by atoms with Gasteiger partial charge in [-0.15, -0.1) is 0 Å². The fourth-order valence-corrected chi connectivity index (χ4v) is 4.28. The van der Waals surface area contributed by atoms with Crippen LogP contribution in [0.3, 0.4) is 0 Å². The third-order valence-corrected chi connectivity index (χ3v) is 6.07. The maximum Gasteiger partial charge on any atom is 0.295 e. The van der Waals surface area contributed by atoms with E-state index in [0.717, 1.165) is 19.6 Å². The van der Waals surface area contributed by atoms with Gasteiger partial charge in [0, 0.05) is 36.8 Å². The molecule has 0 saturated carbocycles. The SMILES string of the molecule is O=C1C(=O)N(CCCN2CCOCC2)[C@@H](c2ccc(F)cc2)C1=C(O)c1ccc(Cl)cc1. The van der Waals surface area contributed by atoms with E-state index in [1.807, 2.05) is 0 Å². The molecule has 0 aliphatic carbocycles. The molecular formula is C24H24ClFN2O4. The molecular weight excluding hydrogens is 435 g/mol. The highest BCUT2D eigenvalue weighted by Gasteiger charge is 2.45. The van der Waals surface area contributed by atoms with Gasteiger partial charge in [0.15, 0.2) is 0 Å². The molecule has 2 aliphatic rings. The summed E-state index contributed by atoms with van der Waals surface area (Å²) in [7, 11) is 0. The average Bonchev–Trinajstić information content (AvgIpc) is 3.05. The van der Waals surface area contributed by atoms with Crippen LogP contribution in [0.2, 0.25) is 5.02 Å². The summed E-state index contributed by atoms with van der Waals surface area (Å²) in [6, 6.07) is 11.2. The number of aliphatic hydroxyl groups excluding tert-OH is 1. The first-order valence-corrected chi connectivity index (χ1v) is 10.9. The van der Waals surface area contributed by atoms with Crippen molar-refractivity contribution in [3.63, 3.8) is 0 Å². The quantitative estimate of drug-likeness (QED) is 0.407. The molecule has 2 aromatic rings. The lowest BCUT2D eigenvalue weighted by molar-refractivity contribution is -0.140. The molecule has 0 unspecified atom stereocenters. The number of benzene rings is 2. The number of carbonyl (C=O) groups is 2. The lowest BCUT2D eigenvalue weighted by Crippen LogP contribution is -2.38. The van der Waals surface area contributed by atoms with E-state index >= 15 is 0 Å². The predicted molar refractivity (Wildman–Crippen MR) is 119 cm³/mol. The first kappa shape index (κ1) is 22.5. The molecule has 1 amide bonds. The van der Waals surface area contributed by atoms with Gasteiger partial charge in [-0.25, -0.2) is 4.39 Å². The zero-order valence-corrected chi connectivity index (χ0v) is 18.2. The van der Waals surface area contributed by atoms with E-state index in [9.17, 15) is 19.1 Å². The molecule has 0 aromatic heterocycles. The average molecular weight is 459 g/mol. The van der Waals surface area contributed by atoms with Crippen LogP contribution in [0, 0.1) is 5.82 Å². The fourth-order valence-electron chi connectivity index (χ4n) is 4.15. The van der Waals surface area contributed by atoms with Crippen LogP contribution in [-0.4, -0.2) is 66.0 Å². The number of Topliss-reactive ketones (excluding diaryl/α,β-unsaturated/α-hetero) is 1. The van der Waals surface area contributed by atoms with Crippen molar-refractivity contribution in [1.29, 1.82) is 0 Å². The largest absolute Gasteiger partial charge is 0.507 e. The van der Waals surface area contributed by atoms with E-state index in [2.05, 4.69) is 4.90 Å². The van der Waals surface area contributed by atoms with Crippen LogP contribution in [0.1, 0.15) is 23.6 Å². The Morgan fingerprint density at radius 2 is 1.69 bits per heavy atom. The van der Waals surface area contributed by atoms with Crippen LogP contribution >= 0.6 is 11.6 Å². The van der Waals surface area contributed by atoms with Crippen molar-refractivity contribution in [3.05, 3.63) is 76.1 Å². The molecule has 2 fully saturated rings. The van der Waals surface area contributed by atoms with Gasteiger partial charge < -0.3 is 14.7 Å². The molecule has 2 saturated heterocycles. The highest BCUT2D eigenvalue weighted by Crippen LogP contribution is 2.39. The van der Waals surface area contributed by atoms with E-state index in [4.69, 9.17) is 16.3 Å². The summed E-state index contributed by atoms with van der Waals surface area (Å²) < 4.78 is 18.9. The number of hydrogen-bond donors (Lipinski definition) is 1. The number of morpholine rings is 1. The van der Waals surface area contributed by atoms with Crippen molar-refractivity contribution >= 4 is 29.1 Å². The number of ketones is 1. The lowest BCUT2D eigenvalue weighted by atomic mass is 9.95. The molecule has 0 bridgehead atoms. The summed E-state index contributed by atoms with van der Waals surface area (Å²) in [5, 5.41) is 11.5. The molecule has 4 rings (SSSR count). The van der Waals surface area contributed by atoms with Crippen molar-refractivity contribution in [2.24, 2.45) is 0 Å². The third-order valence-electron chi connectivity index (χ3n) is 5.82. The van der Waals surface area contributed by atoms with Crippen molar-refractivity contribution in [2.45, 2.75) is 12.5 Å². The van der Waals surface area contributed by atoms with E-state index in [1.54, 1.807) is 24.3 Å². The second-order valence-electron chi connectivity index (χ2n) is 7.86. The maximum atomic E-state index is 13.6. The number of hydrogen-bond acceptors (Lipinski definition) is 5. The zero-order valence-electron chi connectivity index (χ0n) is 17.5. The first-order chi connectivity index (χ1) is 15.5. The van der Waals surface area contributed by atoms with Crippen LogP contribution in [0.25, 0.3) is 5.76 Å². The van der Waals surface area contributed by atoms with Crippen LogP contribution in [0.4, 0.5) is 4.39 Å². The Morgan fingerprint density at radius 1 is 1.03 bits per heavy atom. The minimum Gasteiger partial charge on any atom is -0.507 e. The lowest BCUT2D eigenvalue weighted by Gasteiger charge is -2.29. The number of halogens is 2. The number of ether oxygens (including phenoxy) is 1. The van der Waals surface area contributed by atoms with Crippen molar-refractivity contribution in [3.8, 4) is 0 Å². The Hall–Kier alpha value is -2.74. The molecule has 0 radical (unpaired) electrons. The fraction of sp³-hybridized carbons (Fsp3) is 0.333. The number of likely N-dealkylation sites (tertiary alicyclic amines) is 1. The van der Waals surface area contributed by atoms with Crippen molar-refractivity contribution in [2.75, 3.05) is 39.4 Å². The highest BCUT2D eigenvalue weighted by molar-refractivity contribution is 6.46. The topological polar surface area (TPSA) is 70.1 Å². The first-order valence-electron chi connectivity index (χ1n) is 10.6.